The molecule has 1 amide bonds. The number of hydrogen-bond acceptors (Lipinski definition) is 3. The highest BCUT2D eigenvalue weighted by molar-refractivity contribution is 5.74. The Bertz CT molecular complexity index is 761. The predicted octanol–water partition coefficient (Wildman–Crippen LogP) is 2.79. The fourth-order valence-corrected chi connectivity index (χ4v) is 4.22. The largest absolute Gasteiger partial charge is 0.339 e. The summed E-state index contributed by atoms with van der Waals surface area (Å²) in [5.41, 5.74) is 3.68. The first-order valence-corrected chi connectivity index (χ1v) is 9.68. The van der Waals surface area contributed by atoms with Crippen molar-refractivity contribution in [2.45, 2.75) is 38.1 Å². The topological polar surface area (TPSA) is 50.2 Å². The molecule has 2 atom stereocenters. The average Bonchev–Trinajstić information content (AvgIpc) is 3.33. The highest BCUT2D eigenvalue weighted by atomic mass is 16.2. The SMILES string of the molecule is CC(=O)N(CC1CCNCC1)[C@H]1C[C@@H]1c1ccc(-c2cnn(C)c2)cc1. The first kappa shape index (κ1) is 17.3. The Balaban J connectivity index is 1.41. The van der Waals surface area contributed by atoms with Gasteiger partial charge in [-0.25, -0.2) is 0 Å². The quantitative estimate of drug-likeness (QED) is 0.900. The minimum Gasteiger partial charge on any atom is -0.339 e. The van der Waals surface area contributed by atoms with Crippen LogP contribution in [0.2, 0.25) is 0 Å². The van der Waals surface area contributed by atoms with Gasteiger partial charge < -0.3 is 10.2 Å². The summed E-state index contributed by atoms with van der Waals surface area (Å²) in [5, 5.41) is 7.65. The molecular weight excluding hydrogens is 324 g/mol. The third kappa shape index (κ3) is 3.68. The van der Waals surface area contributed by atoms with E-state index in [0.29, 0.717) is 17.9 Å². The predicted molar refractivity (Wildman–Crippen MR) is 103 cm³/mol. The summed E-state index contributed by atoms with van der Waals surface area (Å²) in [6.45, 7) is 4.81. The van der Waals surface area contributed by atoms with Crippen molar-refractivity contribution in [1.82, 2.24) is 20.0 Å². The molecule has 2 fully saturated rings. The van der Waals surface area contributed by atoms with Gasteiger partial charge in [-0.15, -0.1) is 0 Å². The van der Waals surface area contributed by atoms with E-state index >= 15 is 0 Å². The molecule has 1 aliphatic heterocycles. The van der Waals surface area contributed by atoms with Crippen molar-refractivity contribution in [2.24, 2.45) is 13.0 Å². The maximum atomic E-state index is 12.2. The van der Waals surface area contributed by atoms with Crippen LogP contribution in [0.15, 0.2) is 36.7 Å². The van der Waals surface area contributed by atoms with Crippen LogP contribution < -0.4 is 5.32 Å². The van der Waals surface area contributed by atoms with Gasteiger partial charge in [0.15, 0.2) is 0 Å². The van der Waals surface area contributed by atoms with Crippen LogP contribution >= 0.6 is 0 Å². The molecule has 2 aliphatic rings. The van der Waals surface area contributed by atoms with E-state index < -0.39 is 0 Å². The lowest BCUT2D eigenvalue weighted by molar-refractivity contribution is -0.130. The van der Waals surface area contributed by atoms with Gasteiger partial charge in [-0.1, -0.05) is 24.3 Å². The van der Waals surface area contributed by atoms with Crippen molar-refractivity contribution >= 4 is 5.91 Å². The van der Waals surface area contributed by atoms with E-state index in [-0.39, 0.29) is 5.91 Å². The van der Waals surface area contributed by atoms with Gasteiger partial charge in [-0.3, -0.25) is 9.48 Å². The van der Waals surface area contributed by atoms with Crippen LogP contribution in [0.3, 0.4) is 0 Å². The molecule has 26 heavy (non-hydrogen) atoms. The molecule has 1 aromatic heterocycles. The van der Waals surface area contributed by atoms with Crippen LogP contribution in [0.1, 0.15) is 37.7 Å². The number of amides is 1. The Morgan fingerprint density at radius 2 is 1.96 bits per heavy atom. The highest BCUT2D eigenvalue weighted by Gasteiger charge is 2.44. The summed E-state index contributed by atoms with van der Waals surface area (Å²) in [7, 11) is 1.94. The number of aryl methyl sites for hydroxylation is 1. The van der Waals surface area contributed by atoms with E-state index in [0.717, 1.165) is 31.6 Å². The molecule has 0 bridgehead atoms. The molecule has 0 spiro atoms. The number of benzene rings is 1. The van der Waals surface area contributed by atoms with Crippen LogP contribution in [0.5, 0.6) is 0 Å². The van der Waals surface area contributed by atoms with E-state index in [2.05, 4.69) is 39.6 Å². The normalized spacial score (nSPS) is 23.0. The number of nitrogens with one attached hydrogen (secondary N) is 1. The Labute approximate surface area is 155 Å². The van der Waals surface area contributed by atoms with Crippen molar-refractivity contribution in [1.29, 1.82) is 0 Å². The monoisotopic (exact) mass is 352 g/mol. The first-order valence-electron chi connectivity index (χ1n) is 9.68. The zero-order chi connectivity index (χ0) is 18.1. The molecule has 0 radical (unpaired) electrons. The first-order chi connectivity index (χ1) is 12.6. The van der Waals surface area contributed by atoms with Gasteiger partial charge in [-0.05, 0) is 49.4 Å². The van der Waals surface area contributed by atoms with E-state index in [9.17, 15) is 4.79 Å². The van der Waals surface area contributed by atoms with E-state index in [1.54, 1.807) is 6.92 Å². The number of aromatic nitrogens is 2. The number of rotatable bonds is 5. The summed E-state index contributed by atoms with van der Waals surface area (Å²) in [4.78, 5) is 14.4. The molecular formula is C21H28N4O. The molecule has 0 unspecified atom stereocenters. The number of piperidine rings is 1. The Morgan fingerprint density at radius 3 is 2.58 bits per heavy atom. The van der Waals surface area contributed by atoms with Gasteiger partial charge >= 0.3 is 0 Å². The Kier molecular flexibility index (Phi) is 4.81. The van der Waals surface area contributed by atoms with Crippen LogP contribution in [-0.4, -0.2) is 46.3 Å². The number of nitrogens with zero attached hydrogens (tertiary/aromatic N) is 3. The average molecular weight is 352 g/mol. The third-order valence-corrected chi connectivity index (χ3v) is 5.85. The smallest absolute Gasteiger partial charge is 0.219 e. The lowest BCUT2D eigenvalue weighted by Gasteiger charge is -2.30. The van der Waals surface area contributed by atoms with Gasteiger partial charge in [0.2, 0.25) is 5.91 Å². The highest BCUT2D eigenvalue weighted by Crippen LogP contribution is 2.45. The molecule has 1 N–H and O–H groups in total. The minimum absolute atomic E-state index is 0.225. The van der Waals surface area contributed by atoms with Crippen LogP contribution in [0, 0.1) is 5.92 Å². The molecule has 1 aromatic carbocycles. The van der Waals surface area contributed by atoms with Gasteiger partial charge in [0.25, 0.3) is 0 Å². The van der Waals surface area contributed by atoms with Gasteiger partial charge in [0.1, 0.15) is 0 Å². The maximum absolute atomic E-state index is 12.2. The summed E-state index contributed by atoms with van der Waals surface area (Å²) in [6.07, 6.45) is 7.38. The van der Waals surface area contributed by atoms with Gasteiger partial charge in [-0.2, -0.15) is 5.10 Å². The van der Waals surface area contributed by atoms with Crippen molar-refractivity contribution in [3.05, 3.63) is 42.2 Å². The van der Waals surface area contributed by atoms with Gasteiger partial charge in [0.05, 0.1) is 6.20 Å². The van der Waals surface area contributed by atoms with Crippen molar-refractivity contribution in [3.8, 4) is 11.1 Å². The zero-order valence-electron chi connectivity index (χ0n) is 15.7. The molecule has 2 heterocycles. The van der Waals surface area contributed by atoms with Crippen molar-refractivity contribution in [2.75, 3.05) is 19.6 Å². The minimum atomic E-state index is 0.225. The second-order valence-electron chi connectivity index (χ2n) is 7.80. The lowest BCUT2D eigenvalue weighted by Crippen LogP contribution is -2.40. The Morgan fingerprint density at radius 1 is 1.23 bits per heavy atom. The van der Waals surface area contributed by atoms with Crippen molar-refractivity contribution in [3.63, 3.8) is 0 Å². The molecule has 4 rings (SSSR count). The second kappa shape index (κ2) is 7.23. The second-order valence-corrected chi connectivity index (χ2v) is 7.80. The molecule has 5 heteroatoms. The Hall–Kier alpha value is -2.14. The molecule has 1 saturated heterocycles. The zero-order valence-corrected chi connectivity index (χ0v) is 15.7. The third-order valence-electron chi connectivity index (χ3n) is 5.85. The number of hydrogen-bond donors (Lipinski definition) is 1. The maximum Gasteiger partial charge on any atom is 0.219 e. The summed E-state index contributed by atoms with van der Waals surface area (Å²) >= 11 is 0. The fourth-order valence-electron chi connectivity index (χ4n) is 4.22. The number of carbonyl (C=O) groups is 1. The van der Waals surface area contributed by atoms with Crippen LogP contribution in [-0.2, 0) is 11.8 Å². The van der Waals surface area contributed by atoms with Crippen LogP contribution in [0.25, 0.3) is 11.1 Å². The molecule has 1 aliphatic carbocycles. The van der Waals surface area contributed by atoms with E-state index in [1.807, 2.05) is 24.1 Å². The molecule has 138 valence electrons. The standard InChI is InChI=1S/C21H28N4O/c1-15(26)25(13-16-7-9-22-10-8-16)21-11-20(21)18-5-3-17(4-6-18)19-12-23-24(2)14-19/h3-6,12,14,16,20-22H,7-11,13H2,1-2H3/t20-,21+/m1/s1. The number of carbonyl (C=O) groups excluding carboxylic acids is 1. The summed E-state index contributed by atoms with van der Waals surface area (Å²) < 4.78 is 1.83. The van der Waals surface area contributed by atoms with Gasteiger partial charge in [0, 0.05) is 44.2 Å². The summed E-state index contributed by atoms with van der Waals surface area (Å²) in [5.74, 6) is 1.36. The molecule has 5 nitrogen and oxygen atoms in total. The molecule has 2 aromatic rings. The summed E-state index contributed by atoms with van der Waals surface area (Å²) in [6, 6.07) is 9.16. The van der Waals surface area contributed by atoms with E-state index in [1.165, 1.54) is 24.0 Å². The fraction of sp³-hybridized carbons (Fsp3) is 0.524. The van der Waals surface area contributed by atoms with E-state index in [4.69, 9.17) is 0 Å². The molecule has 1 saturated carbocycles. The van der Waals surface area contributed by atoms with Crippen LogP contribution in [0.4, 0.5) is 0 Å². The lowest BCUT2D eigenvalue weighted by atomic mass is 9.97. The van der Waals surface area contributed by atoms with Crippen molar-refractivity contribution < 1.29 is 4.79 Å².